The van der Waals surface area contributed by atoms with Gasteiger partial charge in [0.1, 0.15) is 17.6 Å². The van der Waals surface area contributed by atoms with Crippen molar-refractivity contribution in [3.05, 3.63) is 64.4 Å². The second-order valence-electron chi connectivity index (χ2n) is 8.23. The van der Waals surface area contributed by atoms with Gasteiger partial charge in [-0.05, 0) is 64.4 Å². The largest absolute Gasteiger partial charge is 0.484 e. The van der Waals surface area contributed by atoms with E-state index in [1.54, 1.807) is 43.3 Å². The van der Waals surface area contributed by atoms with Crippen molar-refractivity contribution in [3.8, 4) is 5.75 Å². The first-order valence-corrected chi connectivity index (χ1v) is 10.1. The summed E-state index contributed by atoms with van der Waals surface area (Å²) in [5.41, 5.74) is 0.682. The van der Waals surface area contributed by atoms with Gasteiger partial charge in [0, 0.05) is 22.7 Å². The monoisotopic (exact) mass is 434 g/mol. The van der Waals surface area contributed by atoms with Crippen LogP contribution in [0.25, 0.3) is 0 Å². The molecule has 0 aliphatic carbocycles. The Morgan fingerprint density at radius 1 is 1.20 bits per heavy atom. The molecule has 0 saturated heterocycles. The fraction of sp³-hybridized carbons (Fsp3) is 0.391. The van der Waals surface area contributed by atoms with Gasteiger partial charge in [-0.1, -0.05) is 29.8 Å². The highest BCUT2D eigenvalue weighted by molar-refractivity contribution is 6.31. The molecule has 5 nitrogen and oxygen atoms in total. The van der Waals surface area contributed by atoms with Crippen LogP contribution in [0.4, 0.5) is 4.39 Å². The minimum atomic E-state index is -0.813. The second kappa shape index (κ2) is 9.94. The Labute approximate surface area is 182 Å². The normalized spacial score (nSPS) is 12.2. The molecule has 0 unspecified atom stereocenters. The lowest BCUT2D eigenvalue weighted by Gasteiger charge is -2.31. The van der Waals surface area contributed by atoms with Crippen molar-refractivity contribution in [1.82, 2.24) is 10.2 Å². The molecule has 1 N–H and O–H groups in total. The first-order valence-electron chi connectivity index (χ1n) is 9.72. The molecule has 0 aliphatic heterocycles. The van der Waals surface area contributed by atoms with E-state index < -0.39 is 23.3 Å². The molecule has 0 fully saturated rings. The average molecular weight is 435 g/mol. The van der Waals surface area contributed by atoms with Gasteiger partial charge in [0.15, 0.2) is 6.61 Å². The van der Waals surface area contributed by atoms with Crippen molar-refractivity contribution in [3.63, 3.8) is 0 Å². The summed E-state index contributed by atoms with van der Waals surface area (Å²) in [5, 5.41) is 3.46. The van der Waals surface area contributed by atoms with Gasteiger partial charge in [0.25, 0.3) is 5.91 Å². The van der Waals surface area contributed by atoms with Crippen LogP contribution in [0.15, 0.2) is 42.5 Å². The standard InChI is InChI=1S/C23H28ClFN2O3/c1-15-12-18(10-11-19(15)24)30-14-21(28)27(13-17-8-6-7-9-20(17)25)16(2)22(29)26-23(3,4)5/h6-12,16H,13-14H2,1-5H3,(H,26,29)/t16-/m1/s1. The number of nitrogens with one attached hydrogen (secondary N) is 1. The van der Waals surface area contributed by atoms with Gasteiger partial charge in [-0.3, -0.25) is 9.59 Å². The van der Waals surface area contributed by atoms with Crippen LogP contribution in [0.3, 0.4) is 0 Å². The molecule has 0 heterocycles. The SMILES string of the molecule is Cc1cc(OCC(=O)N(Cc2ccccc2F)[C@H](C)C(=O)NC(C)(C)C)ccc1Cl. The summed E-state index contributed by atoms with van der Waals surface area (Å²) in [6.07, 6.45) is 0. The predicted octanol–water partition coefficient (Wildman–Crippen LogP) is 4.50. The van der Waals surface area contributed by atoms with E-state index in [1.807, 2.05) is 27.7 Å². The second-order valence-corrected chi connectivity index (χ2v) is 8.64. The van der Waals surface area contributed by atoms with Gasteiger partial charge in [0.05, 0.1) is 0 Å². The van der Waals surface area contributed by atoms with E-state index in [1.165, 1.54) is 11.0 Å². The fourth-order valence-corrected chi connectivity index (χ4v) is 2.92. The van der Waals surface area contributed by atoms with Crippen LogP contribution >= 0.6 is 11.6 Å². The Balaban J connectivity index is 2.20. The van der Waals surface area contributed by atoms with Crippen molar-refractivity contribution in [2.75, 3.05) is 6.61 Å². The Hall–Kier alpha value is -2.60. The average Bonchev–Trinajstić information content (AvgIpc) is 2.66. The van der Waals surface area contributed by atoms with Crippen molar-refractivity contribution in [2.24, 2.45) is 0 Å². The smallest absolute Gasteiger partial charge is 0.261 e. The number of hydrogen-bond donors (Lipinski definition) is 1. The lowest BCUT2D eigenvalue weighted by molar-refractivity contribution is -0.142. The Bertz CT molecular complexity index is 912. The molecule has 0 spiro atoms. The molecular weight excluding hydrogens is 407 g/mol. The highest BCUT2D eigenvalue weighted by atomic mass is 35.5. The lowest BCUT2D eigenvalue weighted by atomic mass is 10.1. The van der Waals surface area contributed by atoms with Gasteiger partial charge in [-0.15, -0.1) is 0 Å². The molecule has 2 aromatic rings. The van der Waals surface area contributed by atoms with Gasteiger partial charge < -0.3 is 15.0 Å². The Morgan fingerprint density at radius 3 is 2.47 bits per heavy atom. The number of carbonyl (C=O) groups is 2. The lowest BCUT2D eigenvalue weighted by Crippen LogP contribution is -2.53. The number of amides is 2. The zero-order valence-corrected chi connectivity index (χ0v) is 18.7. The van der Waals surface area contributed by atoms with Gasteiger partial charge in [0.2, 0.25) is 5.91 Å². The molecule has 30 heavy (non-hydrogen) atoms. The maximum atomic E-state index is 14.2. The first-order chi connectivity index (χ1) is 14.0. The predicted molar refractivity (Wildman–Crippen MR) is 116 cm³/mol. The van der Waals surface area contributed by atoms with E-state index in [9.17, 15) is 14.0 Å². The van der Waals surface area contributed by atoms with Gasteiger partial charge >= 0.3 is 0 Å². The topological polar surface area (TPSA) is 58.6 Å². The van der Waals surface area contributed by atoms with E-state index in [-0.39, 0.29) is 19.1 Å². The molecule has 2 rings (SSSR count). The number of aryl methyl sites for hydroxylation is 1. The quantitative estimate of drug-likeness (QED) is 0.698. The summed E-state index contributed by atoms with van der Waals surface area (Å²) in [6, 6.07) is 10.4. The van der Waals surface area contributed by atoms with Gasteiger partial charge in [-0.25, -0.2) is 4.39 Å². The fourth-order valence-electron chi connectivity index (χ4n) is 2.80. The van der Waals surface area contributed by atoms with Crippen LogP contribution in [-0.4, -0.2) is 34.9 Å². The zero-order chi connectivity index (χ0) is 22.5. The number of rotatable bonds is 7. The Morgan fingerprint density at radius 2 is 1.87 bits per heavy atom. The molecule has 162 valence electrons. The van der Waals surface area contributed by atoms with Crippen molar-refractivity contribution in [2.45, 2.75) is 52.7 Å². The van der Waals surface area contributed by atoms with Crippen molar-refractivity contribution >= 4 is 23.4 Å². The summed E-state index contributed by atoms with van der Waals surface area (Å²) < 4.78 is 19.8. The van der Waals surface area contributed by atoms with Crippen LogP contribution in [0.2, 0.25) is 5.02 Å². The van der Waals surface area contributed by atoms with Crippen LogP contribution in [0, 0.1) is 12.7 Å². The maximum absolute atomic E-state index is 14.2. The maximum Gasteiger partial charge on any atom is 0.261 e. The minimum Gasteiger partial charge on any atom is -0.484 e. The van der Waals surface area contributed by atoms with E-state index in [4.69, 9.17) is 16.3 Å². The third-order valence-corrected chi connectivity index (χ3v) is 4.88. The number of halogens is 2. The number of nitrogens with zero attached hydrogens (tertiary/aromatic N) is 1. The van der Waals surface area contributed by atoms with Gasteiger partial charge in [-0.2, -0.15) is 0 Å². The zero-order valence-electron chi connectivity index (χ0n) is 18.0. The summed E-state index contributed by atoms with van der Waals surface area (Å²) in [4.78, 5) is 27.0. The summed E-state index contributed by atoms with van der Waals surface area (Å²) in [5.74, 6) is -0.701. The number of benzene rings is 2. The third kappa shape index (κ3) is 6.73. The summed E-state index contributed by atoms with van der Waals surface area (Å²) >= 11 is 6.02. The van der Waals surface area contributed by atoms with Crippen molar-refractivity contribution < 1.29 is 18.7 Å². The van der Waals surface area contributed by atoms with E-state index >= 15 is 0 Å². The van der Waals surface area contributed by atoms with Crippen LogP contribution in [0.5, 0.6) is 5.75 Å². The van der Waals surface area contributed by atoms with E-state index in [0.29, 0.717) is 16.3 Å². The molecule has 0 saturated carbocycles. The molecule has 0 aliphatic rings. The first kappa shape index (κ1) is 23.7. The molecule has 0 aromatic heterocycles. The molecule has 0 radical (unpaired) electrons. The van der Waals surface area contributed by atoms with Crippen LogP contribution in [0.1, 0.15) is 38.8 Å². The number of hydrogen-bond acceptors (Lipinski definition) is 3. The molecule has 2 amide bonds. The van der Waals surface area contributed by atoms with Crippen molar-refractivity contribution in [1.29, 1.82) is 0 Å². The molecular formula is C23H28ClFN2O3. The molecule has 2 aromatic carbocycles. The third-order valence-electron chi connectivity index (χ3n) is 4.46. The number of ether oxygens (including phenoxy) is 1. The molecule has 7 heteroatoms. The van der Waals surface area contributed by atoms with Crippen LogP contribution < -0.4 is 10.1 Å². The summed E-state index contributed by atoms with van der Waals surface area (Å²) in [6.45, 7) is 8.68. The summed E-state index contributed by atoms with van der Waals surface area (Å²) in [7, 11) is 0. The highest BCUT2D eigenvalue weighted by Gasteiger charge is 2.29. The highest BCUT2D eigenvalue weighted by Crippen LogP contribution is 2.21. The van der Waals surface area contributed by atoms with Crippen LogP contribution in [-0.2, 0) is 16.1 Å². The molecule has 0 bridgehead atoms. The number of carbonyl (C=O) groups excluding carboxylic acids is 2. The Kier molecular flexibility index (Phi) is 7.84. The minimum absolute atomic E-state index is 0.0484. The molecule has 1 atom stereocenters. The van der Waals surface area contributed by atoms with E-state index in [0.717, 1.165) is 5.56 Å². The van der Waals surface area contributed by atoms with E-state index in [2.05, 4.69) is 5.32 Å².